The molecule has 0 aromatic heterocycles. The minimum atomic E-state index is -0.263. The minimum absolute atomic E-state index is 0.0476. The lowest BCUT2D eigenvalue weighted by atomic mass is 9.77. The Morgan fingerprint density at radius 3 is 1.90 bits per heavy atom. The second kappa shape index (κ2) is 7.47. The standard InChI is InChI=1S/C23H28O7/c1-10-11(2)20-17-12(8-14(25-3)18(24)22(17)28-6)16-13(19(10)30-20)9-15(26-4)21(27-5)23(16)29-7/h8-11,19-20,24H,1-7H3/t10-,11+,19+,20-/m1/s1. The number of hydrogen-bond acceptors (Lipinski definition) is 7. The summed E-state index contributed by atoms with van der Waals surface area (Å²) in [5.74, 6) is 2.63. The van der Waals surface area contributed by atoms with Gasteiger partial charge >= 0.3 is 0 Å². The van der Waals surface area contributed by atoms with Crippen LogP contribution in [0.25, 0.3) is 11.1 Å². The Bertz CT molecular complexity index is 984. The summed E-state index contributed by atoms with van der Waals surface area (Å²) in [6.07, 6.45) is -0.445. The molecule has 0 unspecified atom stereocenters. The molecular formula is C23H28O7. The number of aromatic hydroxyl groups is 1. The third-order valence-electron chi connectivity index (χ3n) is 6.48. The summed E-state index contributed by atoms with van der Waals surface area (Å²) in [6, 6.07) is 3.76. The van der Waals surface area contributed by atoms with Crippen molar-refractivity contribution in [2.24, 2.45) is 11.8 Å². The second-order valence-corrected chi connectivity index (χ2v) is 7.73. The number of methoxy groups -OCH3 is 5. The van der Waals surface area contributed by atoms with Crippen molar-refractivity contribution in [2.45, 2.75) is 26.1 Å². The van der Waals surface area contributed by atoms with Gasteiger partial charge in [-0.15, -0.1) is 0 Å². The summed E-state index contributed by atoms with van der Waals surface area (Å²) >= 11 is 0. The summed E-state index contributed by atoms with van der Waals surface area (Å²) in [5.41, 5.74) is 3.37. The van der Waals surface area contributed by atoms with Gasteiger partial charge in [-0.2, -0.15) is 0 Å². The van der Waals surface area contributed by atoms with Crippen LogP contribution in [0.5, 0.6) is 34.5 Å². The maximum Gasteiger partial charge on any atom is 0.203 e. The number of hydrogen-bond donors (Lipinski definition) is 1. The fourth-order valence-corrected chi connectivity index (χ4v) is 4.81. The lowest BCUT2D eigenvalue weighted by Gasteiger charge is -2.28. The smallest absolute Gasteiger partial charge is 0.203 e. The SMILES string of the molecule is COc1cc2c(c(OC)c1O)[C@@H]1O[C@H](c3cc(OC)c(OC)c(OC)c3-2)[C@H](C)[C@@H]1C. The molecule has 7 nitrogen and oxygen atoms in total. The van der Waals surface area contributed by atoms with Gasteiger partial charge in [0.05, 0.1) is 47.8 Å². The van der Waals surface area contributed by atoms with E-state index in [1.54, 1.807) is 21.3 Å². The highest BCUT2D eigenvalue weighted by atomic mass is 16.5. The highest BCUT2D eigenvalue weighted by molar-refractivity contribution is 5.86. The summed E-state index contributed by atoms with van der Waals surface area (Å²) < 4.78 is 34.7. The van der Waals surface area contributed by atoms with E-state index in [4.69, 9.17) is 28.4 Å². The highest BCUT2D eigenvalue weighted by Gasteiger charge is 2.48. The first-order valence-electron chi connectivity index (χ1n) is 9.89. The molecule has 7 heteroatoms. The number of fused-ring (bicyclic) bond motifs is 7. The zero-order valence-corrected chi connectivity index (χ0v) is 18.4. The molecule has 2 aromatic carbocycles. The quantitative estimate of drug-likeness (QED) is 0.769. The number of benzene rings is 2. The van der Waals surface area contributed by atoms with E-state index in [-0.39, 0.29) is 29.8 Å². The lowest BCUT2D eigenvalue weighted by molar-refractivity contribution is 0.0299. The average molecular weight is 416 g/mol. The maximum absolute atomic E-state index is 10.8. The molecule has 1 N–H and O–H groups in total. The van der Waals surface area contributed by atoms with Gasteiger partial charge in [-0.05, 0) is 35.1 Å². The van der Waals surface area contributed by atoms with Crippen LogP contribution in [0.1, 0.15) is 37.2 Å². The molecule has 0 amide bonds. The van der Waals surface area contributed by atoms with Crippen LogP contribution in [0, 0.1) is 11.8 Å². The number of rotatable bonds is 5. The van der Waals surface area contributed by atoms with E-state index in [2.05, 4.69) is 13.8 Å². The van der Waals surface area contributed by atoms with Crippen LogP contribution in [0.3, 0.4) is 0 Å². The summed E-state index contributed by atoms with van der Waals surface area (Å²) in [6.45, 7) is 4.33. The largest absolute Gasteiger partial charge is 0.502 e. The predicted octanol–water partition coefficient (Wildman–Crippen LogP) is 4.50. The molecule has 1 saturated heterocycles. The van der Waals surface area contributed by atoms with Gasteiger partial charge in [0.25, 0.3) is 0 Å². The molecule has 1 fully saturated rings. The van der Waals surface area contributed by atoms with Crippen LogP contribution in [0.15, 0.2) is 12.1 Å². The van der Waals surface area contributed by atoms with Crippen molar-refractivity contribution in [1.82, 2.24) is 0 Å². The minimum Gasteiger partial charge on any atom is -0.502 e. The van der Waals surface area contributed by atoms with Crippen LogP contribution in [0.2, 0.25) is 0 Å². The third-order valence-corrected chi connectivity index (χ3v) is 6.48. The van der Waals surface area contributed by atoms with E-state index in [1.165, 1.54) is 14.2 Å². The number of phenols is 1. The van der Waals surface area contributed by atoms with Crippen LogP contribution < -0.4 is 23.7 Å². The first-order chi connectivity index (χ1) is 14.4. The van der Waals surface area contributed by atoms with Gasteiger partial charge in [-0.1, -0.05) is 13.8 Å². The molecule has 162 valence electrons. The normalized spacial score (nSPS) is 23.8. The molecule has 0 radical (unpaired) electrons. The predicted molar refractivity (Wildman–Crippen MR) is 111 cm³/mol. The number of ether oxygens (including phenoxy) is 6. The van der Waals surface area contributed by atoms with Crippen LogP contribution in [0.4, 0.5) is 0 Å². The highest BCUT2D eigenvalue weighted by Crippen LogP contribution is 2.63. The third kappa shape index (κ3) is 2.61. The molecule has 2 bridgehead atoms. The molecule has 2 aromatic rings. The summed E-state index contributed by atoms with van der Waals surface area (Å²) in [7, 11) is 7.82. The van der Waals surface area contributed by atoms with E-state index >= 15 is 0 Å². The van der Waals surface area contributed by atoms with E-state index in [1.807, 2.05) is 12.1 Å². The molecule has 4 rings (SSSR count). The zero-order chi connectivity index (χ0) is 21.7. The van der Waals surface area contributed by atoms with Crippen LogP contribution in [-0.2, 0) is 4.74 Å². The Balaban J connectivity index is 2.19. The Labute approximate surface area is 176 Å². The molecule has 0 spiro atoms. The fourth-order valence-electron chi connectivity index (χ4n) is 4.81. The van der Waals surface area contributed by atoms with Crippen molar-refractivity contribution in [1.29, 1.82) is 0 Å². The van der Waals surface area contributed by atoms with Crippen molar-refractivity contribution >= 4 is 0 Å². The second-order valence-electron chi connectivity index (χ2n) is 7.73. The molecule has 30 heavy (non-hydrogen) atoms. The van der Waals surface area contributed by atoms with Gasteiger partial charge in [-0.25, -0.2) is 0 Å². The van der Waals surface area contributed by atoms with E-state index < -0.39 is 0 Å². The molecular weight excluding hydrogens is 388 g/mol. The van der Waals surface area contributed by atoms with E-state index in [0.717, 1.165) is 22.3 Å². The average Bonchev–Trinajstić information content (AvgIpc) is 2.97. The Kier molecular flexibility index (Phi) is 5.10. The van der Waals surface area contributed by atoms with Crippen molar-refractivity contribution < 1.29 is 33.5 Å². The molecule has 4 atom stereocenters. The molecule has 2 aliphatic heterocycles. The van der Waals surface area contributed by atoms with Gasteiger partial charge in [-0.3, -0.25) is 0 Å². The van der Waals surface area contributed by atoms with Crippen LogP contribution >= 0.6 is 0 Å². The topological polar surface area (TPSA) is 75.6 Å². The van der Waals surface area contributed by atoms with Crippen molar-refractivity contribution in [3.63, 3.8) is 0 Å². The monoisotopic (exact) mass is 416 g/mol. The lowest BCUT2D eigenvalue weighted by Crippen LogP contribution is -2.15. The zero-order valence-electron chi connectivity index (χ0n) is 18.4. The summed E-state index contributed by atoms with van der Waals surface area (Å²) in [5, 5.41) is 10.8. The van der Waals surface area contributed by atoms with Crippen molar-refractivity contribution in [2.75, 3.05) is 35.5 Å². The van der Waals surface area contributed by atoms with Gasteiger partial charge in [0.1, 0.15) is 0 Å². The van der Waals surface area contributed by atoms with Gasteiger partial charge < -0.3 is 33.5 Å². The molecule has 0 aliphatic carbocycles. The van der Waals surface area contributed by atoms with Crippen LogP contribution in [-0.4, -0.2) is 40.7 Å². The Morgan fingerprint density at radius 2 is 1.33 bits per heavy atom. The fraction of sp³-hybridized carbons (Fsp3) is 0.478. The van der Waals surface area contributed by atoms with Crippen molar-refractivity contribution in [3.05, 3.63) is 23.3 Å². The van der Waals surface area contributed by atoms with Gasteiger partial charge in [0.2, 0.25) is 11.5 Å². The first kappa shape index (κ1) is 20.5. The molecule has 0 saturated carbocycles. The summed E-state index contributed by atoms with van der Waals surface area (Å²) in [4.78, 5) is 0. The molecule has 2 aliphatic rings. The Morgan fingerprint density at radius 1 is 0.733 bits per heavy atom. The first-order valence-corrected chi connectivity index (χ1v) is 9.89. The van der Waals surface area contributed by atoms with Gasteiger partial charge in [0.15, 0.2) is 23.0 Å². The van der Waals surface area contributed by atoms with E-state index in [9.17, 15) is 5.11 Å². The van der Waals surface area contributed by atoms with Crippen molar-refractivity contribution in [3.8, 4) is 45.6 Å². The maximum atomic E-state index is 10.8. The molecule has 2 heterocycles. The van der Waals surface area contributed by atoms with Gasteiger partial charge in [0, 0.05) is 11.1 Å². The Hall–Kier alpha value is -2.80. The van der Waals surface area contributed by atoms with E-state index in [0.29, 0.717) is 28.7 Å². The number of phenolic OH excluding ortho intramolecular Hbond substituents is 1.